The zero-order chi connectivity index (χ0) is 22.9. The lowest BCUT2D eigenvalue weighted by Crippen LogP contribution is -2.45. The largest absolute Gasteiger partial charge is 0.352 e. The van der Waals surface area contributed by atoms with Crippen LogP contribution in [0.5, 0.6) is 0 Å². The van der Waals surface area contributed by atoms with E-state index in [2.05, 4.69) is 10.4 Å². The van der Waals surface area contributed by atoms with Crippen LogP contribution in [0.15, 0.2) is 22.3 Å². The van der Waals surface area contributed by atoms with E-state index in [-0.39, 0.29) is 36.6 Å². The van der Waals surface area contributed by atoms with Crippen molar-refractivity contribution in [3.05, 3.63) is 33.8 Å². The van der Waals surface area contributed by atoms with Gasteiger partial charge in [-0.2, -0.15) is 22.1 Å². The number of thiophene rings is 1. The summed E-state index contributed by atoms with van der Waals surface area (Å²) in [5, 5.41) is 10.1. The molecule has 2 aromatic heterocycles. The van der Waals surface area contributed by atoms with E-state index in [1.807, 2.05) is 17.5 Å². The number of hydrogen-bond acceptors (Lipinski definition) is 6. The molecular weight excluding hydrogens is 452 g/mol. The van der Waals surface area contributed by atoms with Crippen molar-refractivity contribution < 1.29 is 13.2 Å². The molecule has 0 radical (unpaired) electrons. The highest BCUT2D eigenvalue weighted by Gasteiger charge is 2.34. The van der Waals surface area contributed by atoms with Gasteiger partial charge in [0.2, 0.25) is 5.91 Å². The fourth-order valence-electron chi connectivity index (χ4n) is 4.47. The topological polar surface area (TPSA) is 110 Å². The van der Waals surface area contributed by atoms with Crippen molar-refractivity contribution in [3.63, 3.8) is 0 Å². The van der Waals surface area contributed by atoms with Crippen molar-refractivity contribution >= 4 is 27.5 Å². The molecule has 1 unspecified atom stereocenters. The monoisotopic (exact) mass is 482 g/mol. The highest BCUT2D eigenvalue weighted by molar-refractivity contribution is 7.86. The predicted molar refractivity (Wildman–Crippen MR) is 122 cm³/mol. The standard InChI is InChI=1S/C20H30N6O4S2/c1-23(2)32(29,30)24-11-5-7-15(13-24)19-22-25(14-17(27)21-16-8-3-4-9-16)20(28)26(19)18-10-6-12-31-18/h6,10,12,15-16H,3-5,7-9,11,13-14H2,1-2H3,(H,21,27). The molecule has 1 amide bonds. The molecule has 2 fully saturated rings. The van der Waals surface area contributed by atoms with E-state index >= 15 is 0 Å². The van der Waals surface area contributed by atoms with Gasteiger partial charge in [-0.25, -0.2) is 14.0 Å². The van der Waals surface area contributed by atoms with Crippen molar-refractivity contribution in [2.24, 2.45) is 0 Å². The van der Waals surface area contributed by atoms with E-state index in [9.17, 15) is 18.0 Å². The summed E-state index contributed by atoms with van der Waals surface area (Å²) in [5.41, 5.74) is -0.378. The molecule has 1 atom stereocenters. The summed E-state index contributed by atoms with van der Waals surface area (Å²) in [5.74, 6) is 0.0408. The molecule has 1 N–H and O–H groups in total. The molecule has 32 heavy (non-hydrogen) atoms. The SMILES string of the molecule is CN(C)S(=O)(=O)N1CCCC(c2nn(CC(=O)NC3CCCC3)c(=O)n2-c2cccs2)C1. The van der Waals surface area contributed by atoms with Crippen LogP contribution >= 0.6 is 11.3 Å². The number of amides is 1. The lowest BCUT2D eigenvalue weighted by atomic mass is 9.99. The van der Waals surface area contributed by atoms with Crippen molar-refractivity contribution in [2.75, 3.05) is 27.2 Å². The number of carbonyl (C=O) groups is 1. The Bertz CT molecular complexity index is 1100. The fourth-order valence-corrected chi connectivity index (χ4v) is 6.39. The quantitative estimate of drug-likeness (QED) is 0.637. The molecule has 10 nitrogen and oxygen atoms in total. The van der Waals surface area contributed by atoms with Gasteiger partial charge in [0.25, 0.3) is 10.2 Å². The first-order chi connectivity index (χ1) is 15.3. The first-order valence-electron chi connectivity index (χ1n) is 11.0. The van der Waals surface area contributed by atoms with Crippen LogP contribution in [0.4, 0.5) is 0 Å². The first kappa shape index (κ1) is 23.1. The number of rotatable bonds is 7. The Morgan fingerprint density at radius 3 is 2.66 bits per heavy atom. The summed E-state index contributed by atoms with van der Waals surface area (Å²) in [6, 6.07) is 3.85. The van der Waals surface area contributed by atoms with E-state index in [1.54, 1.807) is 0 Å². The average Bonchev–Trinajstić information content (AvgIpc) is 3.51. The maximum atomic E-state index is 13.2. The molecule has 2 aliphatic rings. The third-order valence-electron chi connectivity index (χ3n) is 6.14. The molecule has 3 heterocycles. The number of hydrogen-bond donors (Lipinski definition) is 1. The maximum Gasteiger partial charge on any atom is 0.351 e. The van der Waals surface area contributed by atoms with Gasteiger partial charge in [0.05, 0.1) is 0 Å². The summed E-state index contributed by atoms with van der Waals surface area (Å²) >= 11 is 1.41. The molecule has 0 spiro atoms. The highest BCUT2D eigenvalue weighted by Crippen LogP contribution is 2.29. The molecule has 1 saturated heterocycles. The van der Waals surface area contributed by atoms with Crippen LogP contribution in [0.2, 0.25) is 0 Å². The maximum absolute atomic E-state index is 13.2. The number of aromatic nitrogens is 3. The van der Waals surface area contributed by atoms with E-state index < -0.39 is 10.2 Å². The lowest BCUT2D eigenvalue weighted by molar-refractivity contribution is -0.122. The van der Waals surface area contributed by atoms with Crippen LogP contribution in [0, 0.1) is 0 Å². The average molecular weight is 483 g/mol. The second kappa shape index (κ2) is 9.46. The van der Waals surface area contributed by atoms with Crippen LogP contribution in [0.1, 0.15) is 50.3 Å². The molecular formula is C20H30N6O4S2. The molecule has 0 bridgehead atoms. The summed E-state index contributed by atoms with van der Waals surface area (Å²) in [4.78, 5) is 25.8. The van der Waals surface area contributed by atoms with E-state index in [4.69, 9.17) is 0 Å². The van der Waals surface area contributed by atoms with Gasteiger partial charge in [0.15, 0.2) is 0 Å². The number of nitrogens with zero attached hydrogens (tertiary/aromatic N) is 5. The van der Waals surface area contributed by atoms with Crippen LogP contribution in [0.25, 0.3) is 5.00 Å². The Labute approximate surface area is 192 Å². The van der Waals surface area contributed by atoms with Gasteiger partial charge in [0, 0.05) is 39.1 Å². The number of piperidine rings is 1. The second-order valence-corrected chi connectivity index (χ2v) is 11.7. The first-order valence-corrected chi connectivity index (χ1v) is 13.3. The van der Waals surface area contributed by atoms with Gasteiger partial charge in [-0.3, -0.25) is 4.79 Å². The predicted octanol–water partition coefficient (Wildman–Crippen LogP) is 1.14. The zero-order valence-electron chi connectivity index (χ0n) is 18.4. The Balaban J connectivity index is 1.63. The van der Waals surface area contributed by atoms with Crippen molar-refractivity contribution in [3.8, 4) is 5.00 Å². The van der Waals surface area contributed by atoms with Gasteiger partial charge in [-0.1, -0.05) is 12.8 Å². The highest BCUT2D eigenvalue weighted by atomic mass is 32.2. The number of nitrogens with one attached hydrogen (secondary N) is 1. The molecule has 4 rings (SSSR count). The van der Waals surface area contributed by atoms with Gasteiger partial charge < -0.3 is 5.32 Å². The van der Waals surface area contributed by atoms with Gasteiger partial charge >= 0.3 is 5.69 Å². The van der Waals surface area contributed by atoms with E-state index in [1.165, 1.54) is 43.3 Å². The third-order valence-corrected chi connectivity index (χ3v) is 8.90. The van der Waals surface area contributed by atoms with Crippen molar-refractivity contribution in [1.82, 2.24) is 28.3 Å². The molecule has 1 aliphatic carbocycles. The Kier molecular flexibility index (Phi) is 6.84. The smallest absolute Gasteiger partial charge is 0.351 e. The van der Waals surface area contributed by atoms with Gasteiger partial charge in [-0.15, -0.1) is 11.3 Å². The minimum Gasteiger partial charge on any atom is -0.352 e. The molecule has 2 aromatic rings. The summed E-state index contributed by atoms with van der Waals surface area (Å²) < 4.78 is 30.7. The van der Waals surface area contributed by atoms with E-state index in [0.717, 1.165) is 32.1 Å². The molecule has 0 aromatic carbocycles. The molecule has 1 saturated carbocycles. The Morgan fingerprint density at radius 2 is 2.00 bits per heavy atom. The second-order valence-electron chi connectivity index (χ2n) is 8.62. The third kappa shape index (κ3) is 4.68. The molecule has 176 valence electrons. The van der Waals surface area contributed by atoms with Crippen LogP contribution in [-0.4, -0.2) is 70.5 Å². The zero-order valence-corrected chi connectivity index (χ0v) is 20.1. The minimum absolute atomic E-state index is 0.146. The summed E-state index contributed by atoms with van der Waals surface area (Å²) in [7, 11) is -0.536. The fraction of sp³-hybridized carbons (Fsp3) is 0.650. The van der Waals surface area contributed by atoms with Crippen LogP contribution < -0.4 is 11.0 Å². The summed E-state index contributed by atoms with van der Waals surface area (Å²) in [6.45, 7) is 0.536. The van der Waals surface area contributed by atoms with Crippen LogP contribution in [-0.2, 0) is 21.5 Å². The Morgan fingerprint density at radius 1 is 1.25 bits per heavy atom. The summed E-state index contributed by atoms with van der Waals surface area (Å²) in [6.07, 6.45) is 5.54. The molecule has 12 heteroatoms. The minimum atomic E-state index is -3.56. The lowest BCUT2D eigenvalue weighted by Gasteiger charge is -2.32. The molecule has 1 aliphatic heterocycles. The van der Waals surface area contributed by atoms with Gasteiger partial charge in [-0.05, 0) is 43.2 Å². The normalized spacial score (nSPS) is 20.8. The van der Waals surface area contributed by atoms with Crippen molar-refractivity contribution in [1.29, 1.82) is 0 Å². The van der Waals surface area contributed by atoms with E-state index in [0.29, 0.717) is 23.8 Å². The van der Waals surface area contributed by atoms with Gasteiger partial charge in [0.1, 0.15) is 17.4 Å². The Hall–Kier alpha value is -2.02. The number of carbonyl (C=O) groups excluding carboxylic acids is 1. The van der Waals surface area contributed by atoms with Crippen molar-refractivity contribution in [2.45, 2.75) is 57.0 Å². The van der Waals surface area contributed by atoms with Crippen LogP contribution in [0.3, 0.4) is 0 Å².